The van der Waals surface area contributed by atoms with Gasteiger partial charge in [-0.15, -0.1) is 0 Å². The van der Waals surface area contributed by atoms with E-state index in [1.807, 2.05) is 30.0 Å². The summed E-state index contributed by atoms with van der Waals surface area (Å²) in [6, 6.07) is 7.90. The number of carbonyl (C=O) groups excluding carboxylic acids is 1. The third-order valence-electron chi connectivity index (χ3n) is 6.77. The molecular formula is C22H34N4O3S. The third-order valence-corrected chi connectivity index (χ3v) is 8.81. The van der Waals surface area contributed by atoms with Crippen molar-refractivity contribution in [1.29, 1.82) is 0 Å². The number of piperazine rings is 1. The van der Waals surface area contributed by atoms with Gasteiger partial charge in [0, 0.05) is 51.5 Å². The molecule has 1 aromatic rings. The Kier molecular flexibility index (Phi) is 6.77. The van der Waals surface area contributed by atoms with Crippen LogP contribution >= 0.6 is 0 Å². The predicted molar refractivity (Wildman–Crippen MR) is 119 cm³/mol. The van der Waals surface area contributed by atoms with E-state index >= 15 is 0 Å². The van der Waals surface area contributed by atoms with Crippen LogP contribution < -0.4 is 4.90 Å². The molecule has 4 rings (SSSR count). The van der Waals surface area contributed by atoms with E-state index in [2.05, 4.69) is 11.0 Å². The number of nitrogens with zero attached hydrogens (tertiary/aromatic N) is 4. The van der Waals surface area contributed by atoms with Gasteiger partial charge in [-0.3, -0.25) is 9.69 Å². The summed E-state index contributed by atoms with van der Waals surface area (Å²) in [5.41, 5.74) is 2.26. The summed E-state index contributed by atoms with van der Waals surface area (Å²) < 4.78 is 29.4. The van der Waals surface area contributed by atoms with Gasteiger partial charge in [0.25, 0.3) is 10.2 Å². The summed E-state index contributed by atoms with van der Waals surface area (Å²) in [6.45, 7) is 6.06. The fraction of sp³-hybridized carbons (Fsp3) is 0.682. The number of amides is 1. The highest BCUT2D eigenvalue weighted by atomic mass is 32.2. The first-order valence-electron chi connectivity index (χ1n) is 11.4. The minimum atomic E-state index is -3.39. The van der Waals surface area contributed by atoms with E-state index in [-0.39, 0.29) is 11.9 Å². The van der Waals surface area contributed by atoms with Gasteiger partial charge in [0.05, 0.1) is 6.04 Å². The maximum Gasteiger partial charge on any atom is 0.282 e. The van der Waals surface area contributed by atoms with Gasteiger partial charge < -0.3 is 4.90 Å². The Bertz CT molecular complexity index is 844. The molecule has 0 unspecified atom stereocenters. The molecule has 0 saturated carbocycles. The second kappa shape index (κ2) is 9.34. The van der Waals surface area contributed by atoms with Crippen molar-refractivity contribution in [2.75, 3.05) is 50.7 Å². The van der Waals surface area contributed by atoms with Gasteiger partial charge in [-0.05, 0) is 44.2 Å². The summed E-state index contributed by atoms with van der Waals surface area (Å²) in [4.78, 5) is 17.3. The molecule has 0 spiro atoms. The highest BCUT2D eigenvalue weighted by molar-refractivity contribution is 7.86. The highest BCUT2D eigenvalue weighted by Crippen LogP contribution is 2.28. The van der Waals surface area contributed by atoms with E-state index in [9.17, 15) is 13.2 Å². The fourth-order valence-corrected chi connectivity index (χ4v) is 6.57. The molecular weight excluding hydrogens is 400 g/mol. The summed E-state index contributed by atoms with van der Waals surface area (Å²) in [5.74, 6) is 0.117. The second-order valence-corrected chi connectivity index (χ2v) is 10.6. The Labute approximate surface area is 180 Å². The molecule has 8 heteroatoms. The lowest BCUT2D eigenvalue weighted by atomic mass is 10.0. The Morgan fingerprint density at radius 3 is 2.17 bits per heavy atom. The molecule has 3 aliphatic rings. The van der Waals surface area contributed by atoms with E-state index in [4.69, 9.17) is 0 Å². The van der Waals surface area contributed by atoms with Gasteiger partial charge in [0.1, 0.15) is 0 Å². The first-order chi connectivity index (χ1) is 14.5. The van der Waals surface area contributed by atoms with E-state index in [1.54, 1.807) is 8.61 Å². The van der Waals surface area contributed by atoms with Crippen molar-refractivity contribution in [2.24, 2.45) is 0 Å². The first kappa shape index (κ1) is 21.7. The van der Waals surface area contributed by atoms with E-state index in [0.717, 1.165) is 50.8 Å². The quantitative estimate of drug-likeness (QED) is 0.728. The van der Waals surface area contributed by atoms with Crippen LogP contribution in [-0.2, 0) is 21.4 Å². The Balaban J connectivity index is 1.38. The van der Waals surface area contributed by atoms with Crippen LogP contribution in [0.4, 0.5) is 5.69 Å². The van der Waals surface area contributed by atoms with E-state index in [0.29, 0.717) is 39.3 Å². The molecule has 7 nitrogen and oxygen atoms in total. The highest BCUT2D eigenvalue weighted by Gasteiger charge is 2.36. The van der Waals surface area contributed by atoms with Gasteiger partial charge in [-0.25, -0.2) is 0 Å². The minimum absolute atomic E-state index is 0.117. The normalized spacial score (nSPS) is 23.6. The maximum atomic E-state index is 13.3. The van der Waals surface area contributed by atoms with E-state index < -0.39 is 10.2 Å². The predicted octanol–water partition coefficient (Wildman–Crippen LogP) is 2.09. The number of para-hydroxylation sites is 1. The van der Waals surface area contributed by atoms with Gasteiger partial charge >= 0.3 is 0 Å². The number of fused-ring (bicyclic) bond motifs is 1. The first-order valence-corrected chi connectivity index (χ1v) is 12.8. The standard InChI is InChI=1S/C22H34N4O3S/c1-19(22(27)26-14-8-10-20-9-4-5-11-21(20)26)23-15-17-25(18-16-23)30(28,29)24-12-6-2-3-7-13-24/h4-5,9,11,19H,2-3,6-8,10,12-18H2,1H3/t19-/m0/s1. The number of aryl methyl sites for hydroxylation is 1. The Morgan fingerprint density at radius 1 is 0.833 bits per heavy atom. The molecule has 1 aromatic carbocycles. The lowest BCUT2D eigenvalue weighted by Gasteiger charge is -2.40. The smallest absolute Gasteiger partial charge is 0.282 e. The fourth-order valence-electron chi connectivity index (χ4n) is 4.90. The molecule has 1 atom stereocenters. The molecule has 3 aliphatic heterocycles. The molecule has 3 heterocycles. The average molecular weight is 435 g/mol. The Hall–Kier alpha value is -1.48. The zero-order chi connectivity index (χ0) is 21.1. The lowest BCUT2D eigenvalue weighted by Crippen LogP contribution is -2.57. The van der Waals surface area contributed by atoms with Gasteiger partial charge in [0.2, 0.25) is 5.91 Å². The number of benzene rings is 1. The summed E-state index contributed by atoms with van der Waals surface area (Å²) in [7, 11) is -3.39. The van der Waals surface area contributed by atoms with Crippen LogP contribution in [0.3, 0.4) is 0 Å². The number of carbonyl (C=O) groups is 1. The van der Waals surface area contributed by atoms with Gasteiger partial charge in [-0.2, -0.15) is 17.0 Å². The van der Waals surface area contributed by atoms with Crippen molar-refractivity contribution in [3.63, 3.8) is 0 Å². The van der Waals surface area contributed by atoms with Crippen molar-refractivity contribution in [3.05, 3.63) is 29.8 Å². The van der Waals surface area contributed by atoms with Crippen LogP contribution in [0.1, 0.15) is 44.6 Å². The SMILES string of the molecule is C[C@@H](C(=O)N1CCCc2ccccc21)N1CCN(S(=O)(=O)N2CCCCCC2)CC1. The second-order valence-electron chi connectivity index (χ2n) is 8.65. The molecule has 2 fully saturated rings. The van der Waals surface area contributed by atoms with Crippen molar-refractivity contribution in [3.8, 4) is 0 Å². The molecule has 0 bridgehead atoms. The molecule has 0 aliphatic carbocycles. The van der Waals surface area contributed by atoms with Gasteiger partial charge in [-0.1, -0.05) is 31.0 Å². The Morgan fingerprint density at radius 2 is 1.47 bits per heavy atom. The van der Waals surface area contributed by atoms with Crippen molar-refractivity contribution in [1.82, 2.24) is 13.5 Å². The molecule has 166 valence electrons. The topological polar surface area (TPSA) is 64.2 Å². The molecule has 2 saturated heterocycles. The van der Waals surface area contributed by atoms with Crippen molar-refractivity contribution < 1.29 is 13.2 Å². The van der Waals surface area contributed by atoms with Crippen LogP contribution in [-0.4, -0.2) is 79.7 Å². The van der Waals surface area contributed by atoms with Crippen molar-refractivity contribution >= 4 is 21.8 Å². The maximum absolute atomic E-state index is 13.3. The molecule has 0 radical (unpaired) electrons. The van der Waals surface area contributed by atoms with Crippen LogP contribution in [0.15, 0.2) is 24.3 Å². The number of anilines is 1. The largest absolute Gasteiger partial charge is 0.311 e. The number of hydrogen-bond donors (Lipinski definition) is 0. The molecule has 30 heavy (non-hydrogen) atoms. The monoisotopic (exact) mass is 434 g/mol. The molecule has 0 N–H and O–H groups in total. The lowest BCUT2D eigenvalue weighted by molar-refractivity contribution is -0.123. The molecule has 1 amide bonds. The van der Waals surface area contributed by atoms with E-state index in [1.165, 1.54) is 5.56 Å². The summed E-state index contributed by atoms with van der Waals surface area (Å²) in [6.07, 6.45) is 6.11. The van der Waals surface area contributed by atoms with Crippen LogP contribution in [0.5, 0.6) is 0 Å². The summed E-state index contributed by atoms with van der Waals surface area (Å²) >= 11 is 0. The van der Waals surface area contributed by atoms with Crippen LogP contribution in [0, 0.1) is 0 Å². The minimum Gasteiger partial charge on any atom is -0.311 e. The van der Waals surface area contributed by atoms with Crippen LogP contribution in [0.2, 0.25) is 0 Å². The van der Waals surface area contributed by atoms with Gasteiger partial charge in [0.15, 0.2) is 0 Å². The number of rotatable bonds is 4. The summed E-state index contributed by atoms with van der Waals surface area (Å²) in [5, 5.41) is 0. The zero-order valence-electron chi connectivity index (χ0n) is 18.0. The molecule has 0 aromatic heterocycles. The number of hydrogen-bond acceptors (Lipinski definition) is 4. The third kappa shape index (κ3) is 4.42. The zero-order valence-corrected chi connectivity index (χ0v) is 18.8. The van der Waals surface area contributed by atoms with Crippen molar-refractivity contribution in [2.45, 2.75) is 51.5 Å². The average Bonchev–Trinajstić information content (AvgIpc) is 3.08. The van der Waals surface area contributed by atoms with Crippen LogP contribution in [0.25, 0.3) is 0 Å².